The first kappa shape index (κ1) is 10.8. The van der Waals surface area contributed by atoms with E-state index >= 15 is 0 Å². The van der Waals surface area contributed by atoms with Crippen molar-refractivity contribution in [2.45, 2.75) is 32.4 Å². The van der Waals surface area contributed by atoms with Crippen molar-refractivity contribution < 1.29 is 0 Å². The number of benzene rings is 1. The van der Waals surface area contributed by atoms with E-state index in [-0.39, 0.29) is 5.54 Å². The number of hydrogen-bond acceptors (Lipinski definition) is 3. The van der Waals surface area contributed by atoms with Gasteiger partial charge in [-0.3, -0.25) is 0 Å². The van der Waals surface area contributed by atoms with Crippen molar-refractivity contribution in [1.29, 1.82) is 0 Å². The van der Waals surface area contributed by atoms with E-state index in [9.17, 15) is 0 Å². The molecular formula is C14H16N2S. The molecule has 0 radical (unpaired) electrons. The van der Waals surface area contributed by atoms with Gasteiger partial charge in [-0.1, -0.05) is 18.2 Å². The van der Waals surface area contributed by atoms with Gasteiger partial charge in [0.05, 0.1) is 6.04 Å². The third-order valence-electron chi connectivity index (χ3n) is 3.72. The molecule has 1 aliphatic rings. The van der Waals surface area contributed by atoms with Crippen LogP contribution in [0.3, 0.4) is 0 Å². The van der Waals surface area contributed by atoms with Crippen molar-refractivity contribution in [1.82, 2.24) is 4.98 Å². The first-order valence-corrected chi connectivity index (χ1v) is 6.79. The zero-order valence-electron chi connectivity index (χ0n) is 10.3. The average Bonchev–Trinajstić information content (AvgIpc) is 2.71. The Kier molecular flexibility index (Phi) is 2.26. The summed E-state index contributed by atoms with van der Waals surface area (Å²) in [5, 5.41) is 3.36. The SMILES string of the molecule is Cc1csc(C2(C)C(C)N2c2ccccc2)n1. The lowest BCUT2D eigenvalue weighted by atomic mass is 10.1. The van der Waals surface area contributed by atoms with Crippen molar-refractivity contribution in [2.75, 3.05) is 4.90 Å². The summed E-state index contributed by atoms with van der Waals surface area (Å²) in [6, 6.07) is 11.1. The molecule has 1 saturated heterocycles. The average molecular weight is 244 g/mol. The van der Waals surface area contributed by atoms with Crippen LogP contribution in [0.15, 0.2) is 35.7 Å². The van der Waals surface area contributed by atoms with E-state index in [1.165, 1.54) is 10.7 Å². The van der Waals surface area contributed by atoms with Gasteiger partial charge in [0.2, 0.25) is 0 Å². The normalized spacial score (nSPS) is 27.2. The predicted octanol–water partition coefficient (Wildman–Crippen LogP) is 3.58. The summed E-state index contributed by atoms with van der Waals surface area (Å²) in [4.78, 5) is 7.08. The molecule has 2 atom stereocenters. The van der Waals surface area contributed by atoms with Gasteiger partial charge in [0.15, 0.2) is 0 Å². The molecule has 2 nitrogen and oxygen atoms in total. The molecule has 2 aromatic rings. The van der Waals surface area contributed by atoms with Crippen molar-refractivity contribution in [2.24, 2.45) is 0 Å². The highest BCUT2D eigenvalue weighted by Crippen LogP contribution is 2.52. The quantitative estimate of drug-likeness (QED) is 0.751. The predicted molar refractivity (Wildman–Crippen MR) is 72.6 cm³/mol. The smallest absolute Gasteiger partial charge is 0.120 e. The topological polar surface area (TPSA) is 15.9 Å². The standard InChI is InChI=1S/C14H16N2S/c1-10-9-17-13(15-10)14(3)11(2)16(14)12-7-5-4-6-8-12/h4-9,11H,1-3H3. The zero-order chi connectivity index (χ0) is 12.0. The van der Waals surface area contributed by atoms with Crippen LogP contribution in [0, 0.1) is 6.92 Å². The molecule has 17 heavy (non-hydrogen) atoms. The van der Waals surface area contributed by atoms with Gasteiger partial charge in [-0.15, -0.1) is 11.3 Å². The Balaban J connectivity index is 1.96. The second kappa shape index (κ2) is 3.57. The monoisotopic (exact) mass is 244 g/mol. The molecular weight excluding hydrogens is 228 g/mol. The summed E-state index contributed by atoms with van der Waals surface area (Å²) in [6.45, 7) is 6.61. The van der Waals surface area contributed by atoms with Crippen LogP contribution in [-0.2, 0) is 5.54 Å². The number of para-hydroxylation sites is 1. The molecule has 1 aliphatic heterocycles. The van der Waals surface area contributed by atoms with Crippen molar-refractivity contribution in [3.05, 3.63) is 46.4 Å². The van der Waals surface area contributed by atoms with E-state index in [0.717, 1.165) is 5.69 Å². The van der Waals surface area contributed by atoms with Gasteiger partial charge in [0, 0.05) is 16.8 Å². The Labute approximate surface area is 106 Å². The number of thiazole rings is 1. The minimum Gasteiger partial charge on any atom is -0.352 e. The number of rotatable bonds is 2. The van der Waals surface area contributed by atoms with Gasteiger partial charge >= 0.3 is 0 Å². The number of anilines is 1. The number of nitrogens with zero attached hydrogens (tertiary/aromatic N) is 2. The minimum absolute atomic E-state index is 0.0836. The van der Waals surface area contributed by atoms with E-state index in [2.05, 4.69) is 66.4 Å². The molecule has 1 fully saturated rings. The highest BCUT2D eigenvalue weighted by molar-refractivity contribution is 7.09. The van der Waals surface area contributed by atoms with Crippen LogP contribution in [0.1, 0.15) is 24.5 Å². The highest BCUT2D eigenvalue weighted by atomic mass is 32.1. The highest BCUT2D eigenvalue weighted by Gasteiger charge is 2.59. The molecule has 0 N–H and O–H groups in total. The summed E-state index contributed by atoms with van der Waals surface area (Å²) in [7, 11) is 0. The Morgan fingerprint density at radius 2 is 2.00 bits per heavy atom. The van der Waals surface area contributed by atoms with Crippen LogP contribution < -0.4 is 4.90 Å². The molecule has 0 bridgehead atoms. The molecule has 0 amide bonds. The molecule has 2 heterocycles. The second-order valence-corrected chi connectivity index (χ2v) is 5.68. The van der Waals surface area contributed by atoms with E-state index in [1.807, 2.05) is 0 Å². The Hall–Kier alpha value is -1.35. The molecule has 0 aliphatic carbocycles. The maximum absolute atomic E-state index is 4.65. The van der Waals surface area contributed by atoms with Gasteiger partial charge in [-0.25, -0.2) is 4.98 Å². The second-order valence-electron chi connectivity index (χ2n) is 4.82. The lowest BCUT2D eigenvalue weighted by Gasteiger charge is -2.10. The molecule has 0 saturated carbocycles. The first-order valence-electron chi connectivity index (χ1n) is 5.91. The summed E-state index contributed by atoms with van der Waals surface area (Å²) >= 11 is 1.77. The first-order chi connectivity index (χ1) is 8.14. The lowest BCUT2D eigenvalue weighted by molar-refractivity contribution is 0.740. The molecule has 88 valence electrons. The van der Waals surface area contributed by atoms with Crippen LogP contribution in [0.5, 0.6) is 0 Å². The largest absolute Gasteiger partial charge is 0.352 e. The Morgan fingerprint density at radius 1 is 1.29 bits per heavy atom. The van der Waals surface area contributed by atoms with Gasteiger partial charge in [0.25, 0.3) is 0 Å². The lowest BCUT2D eigenvalue weighted by Crippen LogP contribution is -2.11. The van der Waals surface area contributed by atoms with Crippen molar-refractivity contribution in [3.8, 4) is 0 Å². The van der Waals surface area contributed by atoms with E-state index in [4.69, 9.17) is 0 Å². The molecule has 3 heteroatoms. The molecule has 3 rings (SSSR count). The zero-order valence-corrected chi connectivity index (χ0v) is 11.2. The Morgan fingerprint density at radius 3 is 2.59 bits per heavy atom. The van der Waals surface area contributed by atoms with Gasteiger partial charge < -0.3 is 4.90 Å². The van der Waals surface area contributed by atoms with Gasteiger partial charge in [-0.2, -0.15) is 0 Å². The van der Waals surface area contributed by atoms with Gasteiger partial charge in [-0.05, 0) is 32.9 Å². The molecule has 1 aromatic heterocycles. The fourth-order valence-corrected chi connectivity index (χ4v) is 3.54. The van der Waals surface area contributed by atoms with E-state index in [0.29, 0.717) is 6.04 Å². The summed E-state index contributed by atoms with van der Waals surface area (Å²) in [5.74, 6) is 0. The summed E-state index contributed by atoms with van der Waals surface area (Å²) in [6.07, 6.45) is 0. The minimum atomic E-state index is 0.0836. The number of aromatic nitrogens is 1. The maximum Gasteiger partial charge on any atom is 0.120 e. The third-order valence-corrected chi connectivity index (χ3v) is 4.91. The van der Waals surface area contributed by atoms with Crippen LogP contribution in [0.25, 0.3) is 0 Å². The number of aryl methyl sites for hydroxylation is 1. The summed E-state index contributed by atoms with van der Waals surface area (Å²) < 4.78 is 0. The van der Waals surface area contributed by atoms with Gasteiger partial charge in [0.1, 0.15) is 10.5 Å². The van der Waals surface area contributed by atoms with E-state index < -0.39 is 0 Å². The fraction of sp³-hybridized carbons (Fsp3) is 0.357. The van der Waals surface area contributed by atoms with Crippen LogP contribution in [0.2, 0.25) is 0 Å². The van der Waals surface area contributed by atoms with E-state index in [1.54, 1.807) is 11.3 Å². The van der Waals surface area contributed by atoms with Crippen LogP contribution in [-0.4, -0.2) is 11.0 Å². The summed E-state index contributed by atoms with van der Waals surface area (Å²) in [5.41, 5.74) is 2.49. The molecule has 0 spiro atoms. The van der Waals surface area contributed by atoms with Crippen LogP contribution >= 0.6 is 11.3 Å². The molecule has 2 unspecified atom stereocenters. The van der Waals surface area contributed by atoms with Crippen LogP contribution in [0.4, 0.5) is 5.69 Å². The Bertz CT molecular complexity index is 534. The maximum atomic E-state index is 4.65. The van der Waals surface area contributed by atoms with Crippen molar-refractivity contribution >= 4 is 17.0 Å². The molecule has 1 aromatic carbocycles. The fourth-order valence-electron chi connectivity index (χ4n) is 2.50. The third kappa shape index (κ3) is 1.49. The van der Waals surface area contributed by atoms with Crippen molar-refractivity contribution in [3.63, 3.8) is 0 Å². The number of hydrogen-bond donors (Lipinski definition) is 0.